The highest BCUT2D eigenvalue weighted by atomic mass is 32.2. The lowest BCUT2D eigenvalue weighted by Gasteiger charge is -2.45. The van der Waals surface area contributed by atoms with Gasteiger partial charge < -0.3 is 14.7 Å². The third-order valence-electron chi connectivity index (χ3n) is 3.52. The Bertz CT molecular complexity index is 603. The molecule has 0 radical (unpaired) electrons. The van der Waals surface area contributed by atoms with Crippen LogP contribution in [0.5, 0.6) is 0 Å². The number of likely N-dealkylation sites (tertiary alicyclic amines) is 1. The minimum Gasteiger partial charge on any atom is -0.465 e. The van der Waals surface area contributed by atoms with Crippen molar-refractivity contribution in [2.45, 2.75) is 12.6 Å². The molecule has 0 aromatic heterocycles. The zero-order chi connectivity index (χ0) is 16.2. The van der Waals surface area contributed by atoms with Crippen molar-refractivity contribution in [1.29, 1.82) is 0 Å². The van der Waals surface area contributed by atoms with Gasteiger partial charge in [-0.15, -0.1) is 0 Å². The molecule has 1 saturated heterocycles. The van der Waals surface area contributed by atoms with Crippen molar-refractivity contribution in [1.82, 2.24) is 4.90 Å². The normalized spacial score (nSPS) is 21.4. The monoisotopic (exact) mass is 329 g/mol. The summed E-state index contributed by atoms with van der Waals surface area (Å²) in [4.78, 5) is 12.2. The molecule has 2 atom stereocenters. The Hall–Kier alpha value is -1.64. The molecule has 0 bridgehead atoms. The number of hydrogen-bond acceptors (Lipinski definition) is 5. The Kier molecular flexibility index (Phi) is 5.38. The molecule has 122 valence electrons. The Balaban J connectivity index is 1.83. The molecule has 0 unspecified atom stereocenters. The molecule has 1 fully saturated rings. The lowest BCUT2D eigenvalue weighted by atomic mass is 9.90. The fourth-order valence-electron chi connectivity index (χ4n) is 2.33. The lowest BCUT2D eigenvalue weighted by molar-refractivity contribution is -0.0457. The molecule has 7 nitrogen and oxygen atoms in total. The minimum atomic E-state index is -3.59. The molecule has 0 saturated carbocycles. The maximum Gasteiger partial charge on any atom is 0.407 e. The molecule has 8 heteroatoms. The van der Waals surface area contributed by atoms with Crippen LogP contribution in [0, 0.1) is 5.92 Å². The van der Waals surface area contributed by atoms with Crippen LogP contribution >= 0.6 is 0 Å². The second-order valence-corrected chi connectivity index (χ2v) is 6.90. The van der Waals surface area contributed by atoms with Crippen LogP contribution in [0.25, 0.3) is 0 Å². The summed E-state index contributed by atoms with van der Waals surface area (Å²) in [6, 6.07) is 9.12. The summed E-state index contributed by atoms with van der Waals surface area (Å²) in [7, 11) is -3.59. The van der Waals surface area contributed by atoms with Gasteiger partial charge in [0.2, 0.25) is 0 Å². The second kappa shape index (κ2) is 7.08. The van der Waals surface area contributed by atoms with Crippen LogP contribution in [0.2, 0.25) is 0 Å². The van der Waals surface area contributed by atoms with E-state index in [0.717, 1.165) is 11.8 Å². The predicted octanol–water partition coefficient (Wildman–Crippen LogP) is 1.16. The summed E-state index contributed by atoms with van der Waals surface area (Å²) in [5, 5.41) is 9.03. The maximum absolute atomic E-state index is 11.0. The van der Waals surface area contributed by atoms with Crippen LogP contribution < -0.4 is 0 Å². The third kappa shape index (κ3) is 4.69. The van der Waals surface area contributed by atoms with E-state index in [-0.39, 0.29) is 12.5 Å². The number of hydrogen-bond donors (Lipinski definition) is 1. The fourth-order valence-corrected chi connectivity index (χ4v) is 2.72. The van der Waals surface area contributed by atoms with Gasteiger partial charge >= 0.3 is 6.09 Å². The highest BCUT2D eigenvalue weighted by Gasteiger charge is 2.42. The molecule has 2 rings (SSSR count). The Morgan fingerprint density at radius 1 is 1.32 bits per heavy atom. The zero-order valence-corrected chi connectivity index (χ0v) is 13.0. The van der Waals surface area contributed by atoms with Crippen LogP contribution in [0.15, 0.2) is 30.3 Å². The molecule has 1 aromatic carbocycles. The summed E-state index contributed by atoms with van der Waals surface area (Å²) >= 11 is 0. The molecule has 22 heavy (non-hydrogen) atoms. The Morgan fingerprint density at radius 3 is 2.59 bits per heavy atom. The minimum absolute atomic E-state index is 0.0680. The van der Waals surface area contributed by atoms with Gasteiger partial charge in [-0.05, 0) is 5.56 Å². The summed E-state index contributed by atoms with van der Waals surface area (Å²) in [6.45, 7) is 0.937. The summed E-state index contributed by atoms with van der Waals surface area (Å²) in [6.07, 6.45) is -0.140. The lowest BCUT2D eigenvalue weighted by Crippen LogP contribution is -2.61. The van der Waals surface area contributed by atoms with E-state index in [1.165, 1.54) is 4.90 Å². The van der Waals surface area contributed by atoms with Gasteiger partial charge in [-0.1, -0.05) is 30.3 Å². The van der Waals surface area contributed by atoms with Crippen molar-refractivity contribution in [3.63, 3.8) is 0 Å². The summed E-state index contributed by atoms with van der Waals surface area (Å²) in [5.41, 5.74) is 1.03. The van der Waals surface area contributed by atoms with Crippen molar-refractivity contribution < 1.29 is 27.2 Å². The third-order valence-corrected chi connectivity index (χ3v) is 4.08. The van der Waals surface area contributed by atoms with Crippen LogP contribution in [-0.2, 0) is 25.6 Å². The van der Waals surface area contributed by atoms with Gasteiger partial charge in [0.25, 0.3) is 10.1 Å². The van der Waals surface area contributed by atoms with Crippen molar-refractivity contribution in [2.24, 2.45) is 5.92 Å². The van der Waals surface area contributed by atoms with Gasteiger partial charge in [0.15, 0.2) is 0 Å². The first-order valence-electron chi connectivity index (χ1n) is 6.82. The average molecular weight is 329 g/mol. The van der Waals surface area contributed by atoms with E-state index in [1.54, 1.807) is 0 Å². The number of carbonyl (C=O) groups is 1. The topological polar surface area (TPSA) is 93.1 Å². The first-order valence-corrected chi connectivity index (χ1v) is 8.64. The van der Waals surface area contributed by atoms with Gasteiger partial charge in [-0.25, -0.2) is 4.79 Å². The maximum atomic E-state index is 11.0. The first-order chi connectivity index (χ1) is 10.4. The van der Waals surface area contributed by atoms with Crippen molar-refractivity contribution in [2.75, 3.05) is 26.0 Å². The van der Waals surface area contributed by atoms with Gasteiger partial charge in [0, 0.05) is 12.5 Å². The number of amides is 1. The van der Waals surface area contributed by atoms with Gasteiger partial charge in [0.1, 0.15) is 0 Å². The SMILES string of the molecule is CS(=O)(=O)OC[C@@H]1[C@@H](COCc2ccccc2)CN1C(=O)O. The predicted molar refractivity (Wildman–Crippen MR) is 78.9 cm³/mol. The largest absolute Gasteiger partial charge is 0.465 e. The van der Waals surface area contributed by atoms with Crippen molar-refractivity contribution in [3.05, 3.63) is 35.9 Å². The number of nitrogens with zero attached hydrogens (tertiary/aromatic N) is 1. The zero-order valence-electron chi connectivity index (χ0n) is 12.2. The molecule has 0 aliphatic carbocycles. The number of ether oxygens (including phenoxy) is 1. The number of benzene rings is 1. The van der Waals surface area contributed by atoms with Crippen molar-refractivity contribution in [3.8, 4) is 0 Å². The van der Waals surface area contributed by atoms with Crippen LogP contribution in [0.3, 0.4) is 0 Å². The number of carboxylic acid groups (broad SMARTS) is 1. The Morgan fingerprint density at radius 2 is 2.00 bits per heavy atom. The second-order valence-electron chi connectivity index (χ2n) is 5.25. The summed E-state index contributed by atoms with van der Waals surface area (Å²) < 4.78 is 32.4. The molecule has 1 N–H and O–H groups in total. The van der Waals surface area contributed by atoms with Gasteiger partial charge in [0.05, 0.1) is 32.1 Å². The van der Waals surface area contributed by atoms with E-state index < -0.39 is 22.3 Å². The number of rotatable bonds is 7. The standard InChI is InChI=1S/C14H19NO6S/c1-22(18,19)21-10-13-12(7-15(13)14(16)17)9-20-8-11-5-3-2-4-6-11/h2-6,12-13H,7-10H2,1H3,(H,16,17)/t12-,13-/m1/s1. The highest BCUT2D eigenvalue weighted by molar-refractivity contribution is 7.85. The van der Waals surface area contributed by atoms with E-state index in [1.807, 2.05) is 30.3 Å². The van der Waals surface area contributed by atoms with E-state index in [2.05, 4.69) is 0 Å². The summed E-state index contributed by atoms with van der Waals surface area (Å²) in [5.74, 6) is -0.0680. The molecule has 1 aromatic rings. The van der Waals surface area contributed by atoms with E-state index in [4.69, 9.17) is 14.0 Å². The van der Waals surface area contributed by atoms with E-state index >= 15 is 0 Å². The fraction of sp³-hybridized carbons (Fsp3) is 0.500. The molecule has 1 aliphatic heterocycles. The molecule has 0 spiro atoms. The quantitative estimate of drug-likeness (QED) is 0.755. The molecule has 1 amide bonds. The molecular weight excluding hydrogens is 310 g/mol. The van der Waals surface area contributed by atoms with E-state index in [9.17, 15) is 13.2 Å². The van der Waals surface area contributed by atoms with Gasteiger partial charge in [-0.2, -0.15) is 8.42 Å². The Labute approximate surface area is 129 Å². The van der Waals surface area contributed by atoms with Crippen LogP contribution in [0.1, 0.15) is 5.56 Å². The van der Waals surface area contributed by atoms with E-state index in [0.29, 0.717) is 19.8 Å². The highest BCUT2D eigenvalue weighted by Crippen LogP contribution is 2.26. The van der Waals surface area contributed by atoms with Crippen LogP contribution in [-0.4, -0.2) is 56.6 Å². The molecule has 1 heterocycles. The van der Waals surface area contributed by atoms with Gasteiger partial charge in [-0.3, -0.25) is 4.18 Å². The molecule has 1 aliphatic rings. The van der Waals surface area contributed by atoms with Crippen molar-refractivity contribution >= 4 is 16.2 Å². The average Bonchev–Trinajstić information content (AvgIpc) is 2.41. The smallest absolute Gasteiger partial charge is 0.407 e. The molecular formula is C14H19NO6S. The van der Waals surface area contributed by atoms with Crippen LogP contribution in [0.4, 0.5) is 4.79 Å². The first kappa shape index (κ1) is 16.7.